The maximum absolute atomic E-state index is 12.3. The van der Waals surface area contributed by atoms with Crippen LogP contribution >= 0.6 is 0 Å². The molecular weight excluding hydrogens is 296 g/mol. The smallest absolute Gasteiger partial charge is 0.292 e. The summed E-state index contributed by atoms with van der Waals surface area (Å²) < 4.78 is 10.5. The van der Waals surface area contributed by atoms with Crippen LogP contribution in [-0.4, -0.2) is 56.0 Å². The first kappa shape index (κ1) is 15.4. The molecule has 1 fully saturated rings. The van der Waals surface area contributed by atoms with Gasteiger partial charge in [-0.1, -0.05) is 0 Å². The number of ketones is 1. The summed E-state index contributed by atoms with van der Waals surface area (Å²) in [5, 5.41) is 0. The first-order valence-electron chi connectivity index (χ1n) is 7.75. The average Bonchev–Trinajstić information content (AvgIpc) is 2.62. The van der Waals surface area contributed by atoms with Crippen LogP contribution in [0.2, 0.25) is 0 Å². The molecule has 0 aliphatic carbocycles. The van der Waals surface area contributed by atoms with Gasteiger partial charge in [0.15, 0.2) is 5.78 Å². The lowest BCUT2D eigenvalue weighted by Gasteiger charge is -2.36. The highest BCUT2D eigenvalue weighted by Crippen LogP contribution is 2.19. The van der Waals surface area contributed by atoms with Crippen molar-refractivity contribution < 1.29 is 19.1 Å². The third-order valence-electron chi connectivity index (χ3n) is 4.07. The first-order valence-corrected chi connectivity index (χ1v) is 7.75. The van der Waals surface area contributed by atoms with E-state index in [-0.39, 0.29) is 17.4 Å². The summed E-state index contributed by atoms with van der Waals surface area (Å²) in [6, 6.07) is 7.59. The van der Waals surface area contributed by atoms with E-state index in [1.807, 2.05) is 24.3 Å². The molecule has 0 unspecified atom stereocenters. The van der Waals surface area contributed by atoms with Gasteiger partial charge in [0, 0.05) is 37.4 Å². The molecule has 1 saturated heterocycles. The minimum absolute atomic E-state index is 0.0648. The van der Waals surface area contributed by atoms with Crippen LogP contribution in [0.15, 0.2) is 36.3 Å². The van der Waals surface area contributed by atoms with Crippen LogP contribution in [0, 0.1) is 0 Å². The summed E-state index contributed by atoms with van der Waals surface area (Å²) in [5.74, 6) is 0.238. The van der Waals surface area contributed by atoms with E-state index in [1.54, 1.807) is 11.8 Å². The number of ether oxygens (including phenoxy) is 2. The molecule has 0 saturated carbocycles. The van der Waals surface area contributed by atoms with Crippen LogP contribution in [0.5, 0.6) is 0 Å². The van der Waals surface area contributed by atoms with Gasteiger partial charge < -0.3 is 19.3 Å². The molecule has 0 radical (unpaired) electrons. The Morgan fingerprint density at radius 3 is 2.26 bits per heavy atom. The lowest BCUT2D eigenvalue weighted by atomic mass is 10.1. The van der Waals surface area contributed by atoms with Gasteiger partial charge in [0.25, 0.3) is 5.91 Å². The van der Waals surface area contributed by atoms with Gasteiger partial charge in [0.2, 0.25) is 5.76 Å². The third kappa shape index (κ3) is 3.47. The monoisotopic (exact) mass is 316 g/mol. The Kier molecular flexibility index (Phi) is 4.50. The summed E-state index contributed by atoms with van der Waals surface area (Å²) in [6.45, 7) is 5.23. The molecule has 1 amide bonds. The van der Waals surface area contributed by atoms with Crippen LogP contribution in [0.3, 0.4) is 0 Å². The fourth-order valence-corrected chi connectivity index (χ4v) is 2.71. The number of anilines is 1. The maximum Gasteiger partial charge on any atom is 0.292 e. The second-order valence-corrected chi connectivity index (χ2v) is 5.58. The highest BCUT2D eigenvalue weighted by atomic mass is 16.6. The number of carbonyl (C=O) groups excluding carboxylic acids is 2. The second kappa shape index (κ2) is 6.73. The molecule has 0 spiro atoms. The molecule has 0 bridgehead atoms. The predicted octanol–water partition coefficient (Wildman–Crippen LogP) is 1.43. The van der Waals surface area contributed by atoms with Crippen molar-refractivity contribution in [3.63, 3.8) is 0 Å². The van der Waals surface area contributed by atoms with Gasteiger partial charge in [-0.2, -0.15) is 0 Å². The normalized spacial score (nSPS) is 17.9. The van der Waals surface area contributed by atoms with Gasteiger partial charge in [-0.05, 0) is 31.2 Å². The van der Waals surface area contributed by atoms with Gasteiger partial charge in [0.1, 0.15) is 19.5 Å². The molecule has 1 aromatic carbocycles. The lowest BCUT2D eigenvalue weighted by molar-refractivity contribution is -0.132. The van der Waals surface area contributed by atoms with Crippen LogP contribution in [0.25, 0.3) is 0 Å². The van der Waals surface area contributed by atoms with Gasteiger partial charge in [-0.25, -0.2) is 0 Å². The van der Waals surface area contributed by atoms with E-state index in [1.165, 1.54) is 6.26 Å². The van der Waals surface area contributed by atoms with E-state index in [4.69, 9.17) is 9.47 Å². The zero-order valence-electron chi connectivity index (χ0n) is 13.2. The number of Topliss-reactive ketones (excluding diaryl/α,β-unsaturated/α-hetero) is 1. The van der Waals surface area contributed by atoms with Crippen molar-refractivity contribution >= 4 is 17.4 Å². The van der Waals surface area contributed by atoms with Crippen LogP contribution in [-0.2, 0) is 14.3 Å². The van der Waals surface area contributed by atoms with Gasteiger partial charge in [-0.3, -0.25) is 9.59 Å². The summed E-state index contributed by atoms with van der Waals surface area (Å²) in [7, 11) is 0. The molecular formula is C17H20N2O4. The molecule has 0 aromatic heterocycles. The zero-order valence-corrected chi connectivity index (χ0v) is 13.2. The molecule has 6 heteroatoms. The second-order valence-electron chi connectivity index (χ2n) is 5.58. The average molecular weight is 316 g/mol. The maximum atomic E-state index is 12.3. The van der Waals surface area contributed by atoms with E-state index >= 15 is 0 Å². The van der Waals surface area contributed by atoms with Crippen LogP contribution in [0.4, 0.5) is 5.69 Å². The number of hydrogen-bond donors (Lipinski definition) is 0. The van der Waals surface area contributed by atoms with Crippen molar-refractivity contribution in [2.24, 2.45) is 0 Å². The fourth-order valence-electron chi connectivity index (χ4n) is 2.71. The lowest BCUT2D eigenvalue weighted by Crippen LogP contribution is -2.49. The summed E-state index contributed by atoms with van der Waals surface area (Å²) in [4.78, 5) is 27.6. The quantitative estimate of drug-likeness (QED) is 0.790. The number of hydrogen-bond acceptors (Lipinski definition) is 5. The fraction of sp³-hybridized carbons (Fsp3) is 0.412. The minimum atomic E-state index is -0.115. The van der Waals surface area contributed by atoms with Gasteiger partial charge in [0.05, 0.1) is 0 Å². The van der Waals surface area contributed by atoms with Gasteiger partial charge in [-0.15, -0.1) is 0 Å². The predicted molar refractivity (Wildman–Crippen MR) is 85.2 cm³/mol. The summed E-state index contributed by atoms with van der Waals surface area (Å²) in [6.07, 6.45) is 1.40. The minimum Gasteiger partial charge on any atom is -0.494 e. The molecule has 3 rings (SSSR count). The molecule has 2 aliphatic heterocycles. The summed E-state index contributed by atoms with van der Waals surface area (Å²) >= 11 is 0. The van der Waals surface area contributed by atoms with E-state index in [0.717, 1.165) is 18.8 Å². The van der Waals surface area contributed by atoms with E-state index in [9.17, 15) is 9.59 Å². The van der Waals surface area contributed by atoms with Crippen molar-refractivity contribution in [2.75, 3.05) is 44.3 Å². The van der Waals surface area contributed by atoms with Crippen molar-refractivity contribution in [3.05, 3.63) is 41.9 Å². The Labute approximate surface area is 135 Å². The third-order valence-corrected chi connectivity index (χ3v) is 4.07. The highest BCUT2D eigenvalue weighted by molar-refractivity contribution is 5.94. The molecule has 2 heterocycles. The van der Waals surface area contributed by atoms with E-state index in [2.05, 4.69) is 4.90 Å². The van der Waals surface area contributed by atoms with Crippen LogP contribution < -0.4 is 4.90 Å². The van der Waals surface area contributed by atoms with E-state index < -0.39 is 0 Å². The largest absolute Gasteiger partial charge is 0.494 e. The molecule has 23 heavy (non-hydrogen) atoms. The Bertz CT molecular complexity index is 616. The number of nitrogens with zero attached hydrogens (tertiary/aromatic N) is 2. The van der Waals surface area contributed by atoms with Crippen molar-refractivity contribution in [3.8, 4) is 0 Å². The standard InChI is InChI=1S/C17H20N2O4/c1-13(20)14-2-4-15(5-3-14)18-6-8-19(9-7-18)17(21)16-12-22-10-11-23-16/h2-5,12H,6-11H2,1H3. The summed E-state index contributed by atoms with van der Waals surface area (Å²) in [5.41, 5.74) is 1.78. The topological polar surface area (TPSA) is 59.1 Å². The number of piperazine rings is 1. The molecule has 0 N–H and O–H groups in total. The zero-order chi connectivity index (χ0) is 16.2. The molecule has 0 atom stereocenters. The number of benzene rings is 1. The van der Waals surface area contributed by atoms with Crippen molar-refractivity contribution in [1.29, 1.82) is 0 Å². The SMILES string of the molecule is CC(=O)c1ccc(N2CCN(C(=O)C3=COCCO3)CC2)cc1. The van der Waals surface area contributed by atoms with E-state index in [0.29, 0.717) is 31.9 Å². The molecule has 1 aromatic rings. The first-order chi connectivity index (χ1) is 11.1. The Morgan fingerprint density at radius 1 is 1.00 bits per heavy atom. The Balaban J connectivity index is 1.58. The highest BCUT2D eigenvalue weighted by Gasteiger charge is 2.26. The number of carbonyl (C=O) groups is 2. The number of amides is 1. The van der Waals surface area contributed by atoms with Gasteiger partial charge >= 0.3 is 0 Å². The molecule has 2 aliphatic rings. The van der Waals surface area contributed by atoms with Crippen molar-refractivity contribution in [1.82, 2.24) is 4.90 Å². The Hall–Kier alpha value is -2.50. The van der Waals surface area contributed by atoms with Crippen molar-refractivity contribution in [2.45, 2.75) is 6.92 Å². The molecule has 6 nitrogen and oxygen atoms in total. The molecule has 122 valence electrons. The number of rotatable bonds is 3. The Morgan fingerprint density at radius 2 is 1.70 bits per heavy atom. The van der Waals surface area contributed by atoms with Crippen LogP contribution in [0.1, 0.15) is 17.3 Å².